The highest BCUT2D eigenvalue weighted by molar-refractivity contribution is 7.13. The number of aromatic nitrogens is 2. The van der Waals surface area contributed by atoms with Gasteiger partial charge in [-0.1, -0.05) is 43.3 Å². The Labute approximate surface area is 288 Å². The van der Waals surface area contributed by atoms with E-state index in [4.69, 9.17) is 9.26 Å². The molecule has 1 aromatic carbocycles. The molecular formula is C36H50N6O5S. The fourth-order valence-electron chi connectivity index (χ4n) is 6.81. The van der Waals surface area contributed by atoms with E-state index in [0.29, 0.717) is 57.1 Å². The van der Waals surface area contributed by atoms with Gasteiger partial charge in [0, 0.05) is 45.3 Å². The standard InChI is InChI=1S/C36H50N6O5S/c1-23-20-29(47-39-23)30(36(7,8)21-40-16-18-41(19-17-40)34(45)46-35(4,5)6)33(44)42-15-9-10-28(42)32(43)38-24(2)26-11-13-27(14-12-26)31-25(3)37-22-48-31/h11-14,20,22,24,28,30H,9-10,15-19,21H2,1-8H3,(H,38,43)/t24-,28-,30+/m0/s1. The summed E-state index contributed by atoms with van der Waals surface area (Å²) in [5.74, 6) is -0.417. The van der Waals surface area contributed by atoms with Crippen molar-refractivity contribution in [1.82, 2.24) is 30.2 Å². The van der Waals surface area contributed by atoms with Gasteiger partial charge in [-0.3, -0.25) is 14.5 Å². The van der Waals surface area contributed by atoms with Gasteiger partial charge in [-0.15, -0.1) is 11.3 Å². The van der Waals surface area contributed by atoms with E-state index in [0.717, 1.165) is 28.1 Å². The number of rotatable bonds is 9. The lowest BCUT2D eigenvalue weighted by Crippen LogP contribution is -2.54. The number of benzene rings is 1. The zero-order valence-corrected chi connectivity index (χ0v) is 30.4. The van der Waals surface area contributed by atoms with Crippen LogP contribution >= 0.6 is 11.3 Å². The van der Waals surface area contributed by atoms with Crippen molar-refractivity contribution in [3.63, 3.8) is 0 Å². The molecule has 0 spiro atoms. The summed E-state index contributed by atoms with van der Waals surface area (Å²) < 4.78 is 11.3. The summed E-state index contributed by atoms with van der Waals surface area (Å²) >= 11 is 1.61. The van der Waals surface area contributed by atoms with Gasteiger partial charge in [0.2, 0.25) is 11.8 Å². The molecule has 0 saturated carbocycles. The number of thiazole rings is 1. The number of hydrogen-bond acceptors (Lipinski definition) is 9. The van der Waals surface area contributed by atoms with Crippen molar-refractivity contribution in [3.8, 4) is 10.4 Å². The fraction of sp³-hybridized carbons (Fsp3) is 0.583. The Morgan fingerprint density at radius 3 is 2.31 bits per heavy atom. The van der Waals surface area contributed by atoms with Crippen LogP contribution in [-0.2, 0) is 14.3 Å². The highest BCUT2D eigenvalue weighted by Crippen LogP contribution is 2.40. The number of hydrogen-bond donors (Lipinski definition) is 1. The first kappa shape index (κ1) is 35.5. The molecule has 2 aromatic heterocycles. The molecule has 12 heteroatoms. The summed E-state index contributed by atoms with van der Waals surface area (Å²) in [5.41, 5.74) is 4.54. The van der Waals surface area contributed by atoms with E-state index >= 15 is 0 Å². The molecule has 2 aliphatic heterocycles. The van der Waals surface area contributed by atoms with Crippen LogP contribution in [0.4, 0.5) is 4.79 Å². The lowest BCUT2D eigenvalue weighted by atomic mass is 9.75. The number of nitrogens with zero attached hydrogens (tertiary/aromatic N) is 5. The molecule has 3 atom stereocenters. The molecule has 0 bridgehead atoms. The SMILES string of the molecule is Cc1cc([C@H](C(=O)N2CCC[C@H]2C(=O)N[C@@H](C)c2ccc(-c3scnc3C)cc2)C(C)(C)CN2CCN(C(=O)OC(C)(C)C)CC2)on1. The Kier molecular flexibility index (Phi) is 10.6. The quantitative estimate of drug-likeness (QED) is 0.295. The maximum Gasteiger partial charge on any atom is 0.410 e. The average molecular weight is 679 g/mol. The molecule has 3 aromatic rings. The number of ether oxygens (including phenoxy) is 1. The highest BCUT2D eigenvalue weighted by atomic mass is 32.1. The lowest BCUT2D eigenvalue weighted by Gasteiger charge is -2.42. The summed E-state index contributed by atoms with van der Waals surface area (Å²) in [7, 11) is 0. The summed E-state index contributed by atoms with van der Waals surface area (Å²) in [6.45, 7) is 19.1. The Bertz CT molecular complexity index is 1580. The number of carbonyl (C=O) groups is 3. The van der Waals surface area contributed by atoms with Crippen LogP contribution in [0.3, 0.4) is 0 Å². The lowest BCUT2D eigenvalue weighted by molar-refractivity contribution is -0.142. The first-order valence-corrected chi connectivity index (χ1v) is 17.8. The van der Waals surface area contributed by atoms with Crippen molar-refractivity contribution in [3.05, 3.63) is 58.6 Å². The molecule has 1 N–H and O–H groups in total. The predicted octanol–water partition coefficient (Wildman–Crippen LogP) is 5.95. The van der Waals surface area contributed by atoms with Crippen LogP contribution in [-0.4, -0.2) is 93.7 Å². The van der Waals surface area contributed by atoms with Gasteiger partial charge in [-0.05, 0) is 70.9 Å². The Balaban J connectivity index is 1.26. The number of piperazine rings is 1. The Hall–Kier alpha value is -3.77. The second-order valence-electron chi connectivity index (χ2n) is 14.8. The smallest absolute Gasteiger partial charge is 0.410 e. The zero-order valence-electron chi connectivity index (χ0n) is 29.5. The maximum atomic E-state index is 14.5. The first-order chi connectivity index (χ1) is 22.6. The van der Waals surface area contributed by atoms with Gasteiger partial charge in [-0.25, -0.2) is 9.78 Å². The van der Waals surface area contributed by atoms with Crippen molar-refractivity contribution >= 4 is 29.2 Å². The molecule has 3 amide bonds. The van der Waals surface area contributed by atoms with Crippen LogP contribution in [0, 0.1) is 19.3 Å². The molecule has 0 radical (unpaired) electrons. The zero-order chi connectivity index (χ0) is 34.8. The largest absolute Gasteiger partial charge is 0.444 e. The van der Waals surface area contributed by atoms with E-state index in [2.05, 4.69) is 46.3 Å². The number of carbonyl (C=O) groups excluding carboxylic acids is 3. The Morgan fingerprint density at radius 1 is 1.04 bits per heavy atom. The van der Waals surface area contributed by atoms with E-state index in [-0.39, 0.29) is 23.9 Å². The summed E-state index contributed by atoms with van der Waals surface area (Å²) in [6, 6.07) is 9.23. The summed E-state index contributed by atoms with van der Waals surface area (Å²) in [6.07, 6.45) is 1.04. The van der Waals surface area contributed by atoms with E-state index in [1.165, 1.54) is 0 Å². The van der Waals surface area contributed by atoms with Crippen molar-refractivity contribution < 1.29 is 23.6 Å². The van der Waals surface area contributed by atoms with Crippen molar-refractivity contribution in [2.75, 3.05) is 39.3 Å². The van der Waals surface area contributed by atoms with Gasteiger partial charge < -0.3 is 24.4 Å². The topological polar surface area (TPSA) is 121 Å². The van der Waals surface area contributed by atoms with Crippen LogP contribution in [0.15, 0.2) is 40.4 Å². The van der Waals surface area contributed by atoms with Gasteiger partial charge in [0.05, 0.1) is 27.8 Å². The molecule has 11 nitrogen and oxygen atoms in total. The average Bonchev–Trinajstić information content (AvgIpc) is 3.78. The molecule has 260 valence electrons. The maximum absolute atomic E-state index is 14.5. The molecule has 2 fully saturated rings. The van der Waals surface area contributed by atoms with Crippen molar-refractivity contribution in [2.45, 2.75) is 91.8 Å². The summed E-state index contributed by atoms with van der Waals surface area (Å²) in [4.78, 5) is 52.1. The van der Waals surface area contributed by atoms with Crippen LogP contribution < -0.4 is 5.32 Å². The van der Waals surface area contributed by atoms with Crippen LogP contribution in [0.5, 0.6) is 0 Å². The first-order valence-electron chi connectivity index (χ1n) is 16.9. The molecule has 5 rings (SSSR count). The van der Waals surface area contributed by atoms with Crippen molar-refractivity contribution in [2.24, 2.45) is 5.41 Å². The van der Waals surface area contributed by atoms with Gasteiger partial charge in [0.25, 0.3) is 0 Å². The molecule has 48 heavy (non-hydrogen) atoms. The van der Waals surface area contributed by atoms with Crippen molar-refractivity contribution in [1.29, 1.82) is 0 Å². The van der Waals surface area contributed by atoms with E-state index in [1.807, 2.05) is 65.3 Å². The van der Waals surface area contributed by atoms with E-state index < -0.39 is 23.0 Å². The second-order valence-corrected chi connectivity index (χ2v) is 15.7. The minimum Gasteiger partial charge on any atom is -0.444 e. The van der Waals surface area contributed by atoms with E-state index in [1.54, 1.807) is 21.1 Å². The van der Waals surface area contributed by atoms with Crippen LogP contribution in [0.25, 0.3) is 10.4 Å². The minimum atomic E-state index is -0.642. The third-order valence-electron chi connectivity index (χ3n) is 9.23. The molecule has 0 aliphatic carbocycles. The molecule has 4 heterocycles. The predicted molar refractivity (Wildman–Crippen MR) is 186 cm³/mol. The van der Waals surface area contributed by atoms with E-state index in [9.17, 15) is 14.4 Å². The monoisotopic (exact) mass is 678 g/mol. The fourth-order valence-corrected chi connectivity index (χ4v) is 7.62. The Morgan fingerprint density at radius 2 is 1.73 bits per heavy atom. The summed E-state index contributed by atoms with van der Waals surface area (Å²) in [5, 5.41) is 7.29. The van der Waals surface area contributed by atoms with Gasteiger partial charge in [0.15, 0.2) is 0 Å². The van der Waals surface area contributed by atoms with Gasteiger partial charge in [-0.2, -0.15) is 0 Å². The third kappa shape index (κ3) is 8.26. The number of amides is 3. The molecule has 2 aliphatic rings. The number of nitrogens with one attached hydrogen (secondary N) is 1. The molecule has 0 unspecified atom stereocenters. The highest BCUT2D eigenvalue weighted by Gasteiger charge is 2.46. The minimum absolute atomic E-state index is 0.127. The second kappa shape index (κ2) is 14.4. The van der Waals surface area contributed by atoms with Crippen LogP contribution in [0.2, 0.25) is 0 Å². The number of aryl methyl sites for hydroxylation is 2. The van der Waals surface area contributed by atoms with Gasteiger partial charge in [0.1, 0.15) is 23.3 Å². The van der Waals surface area contributed by atoms with Gasteiger partial charge >= 0.3 is 6.09 Å². The molecule has 2 saturated heterocycles. The molecular weight excluding hydrogens is 629 g/mol. The number of likely N-dealkylation sites (tertiary alicyclic amines) is 1. The third-order valence-corrected chi connectivity index (χ3v) is 10.2. The van der Waals surface area contributed by atoms with Crippen LogP contribution in [0.1, 0.15) is 89.1 Å². The normalized spacial score (nSPS) is 18.9.